The molecule has 0 bridgehead atoms. The topological polar surface area (TPSA) is 69.2 Å². The smallest absolute Gasteiger partial charge is 0.244 e. The van der Waals surface area contributed by atoms with Gasteiger partial charge in [0.05, 0.1) is 18.7 Å². The minimum Gasteiger partial charge on any atom is -0.337 e. The molecule has 1 unspecified atom stereocenters. The van der Waals surface area contributed by atoms with Gasteiger partial charge < -0.3 is 4.52 Å². The Kier molecular flexibility index (Phi) is 4.47. The third-order valence-corrected chi connectivity index (χ3v) is 4.08. The van der Waals surface area contributed by atoms with Gasteiger partial charge in [-0.1, -0.05) is 35.5 Å². The fourth-order valence-corrected chi connectivity index (χ4v) is 2.67. The van der Waals surface area contributed by atoms with Gasteiger partial charge in [-0.25, -0.2) is 0 Å². The standard InChI is InChI=1S/C16H19N5O/c1-13(21-11-9-20(8-7-17)10-12-21)16-18-15(19-22-16)14-5-3-2-4-6-14/h2-6,13H,8-12H2,1H3. The summed E-state index contributed by atoms with van der Waals surface area (Å²) in [7, 11) is 0. The van der Waals surface area contributed by atoms with Crippen molar-refractivity contribution in [3.8, 4) is 17.5 Å². The van der Waals surface area contributed by atoms with E-state index in [1.54, 1.807) is 0 Å². The molecule has 22 heavy (non-hydrogen) atoms. The minimum absolute atomic E-state index is 0.0918. The largest absolute Gasteiger partial charge is 0.337 e. The van der Waals surface area contributed by atoms with Crippen LogP contribution in [0.2, 0.25) is 0 Å². The van der Waals surface area contributed by atoms with E-state index in [0.29, 0.717) is 18.3 Å². The molecule has 0 radical (unpaired) electrons. The third kappa shape index (κ3) is 3.16. The van der Waals surface area contributed by atoms with E-state index in [2.05, 4.69) is 32.9 Å². The fourth-order valence-electron chi connectivity index (χ4n) is 2.67. The summed E-state index contributed by atoms with van der Waals surface area (Å²) in [4.78, 5) is 9.00. The lowest BCUT2D eigenvalue weighted by Crippen LogP contribution is -2.47. The van der Waals surface area contributed by atoms with Crippen LogP contribution in [0.5, 0.6) is 0 Å². The lowest BCUT2D eigenvalue weighted by Gasteiger charge is -2.35. The van der Waals surface area contributed by atoms with E-state index < -0.39 is 0 Å². The highest BCUT2D eigenvalue weighted by molar-refractivity contribution is 5.53. The van der Waals surface area contributed by atoms with E-state index in [1.807, 2.05) is 30.3 Å². The number of hydrogen-bond donors (Lipinski definition) is 0. The van der Waals surface area contributed by atoms with E-state index in [4.69, 9.17) is 9.78 Å². The number of rotatable bonds is 4. The van der Waals surface area contributed by atoms with Crippen molar-refractivity contribution in [1.29, 1.82) is 5.26 Å². The molecule has 0 spiro atoms. The van der Waals surface area contributed by atoms with Gasteiger partial charge in [-0.2, -0.15) is 10.2 Å². The van der Waals surface area contributed by atoms with Gasteiger partial charge in [0.1, 0.15) is 0 Å². The summed E-state index contributed by atoms with van der Waals surface area (Å²) in [5, 5.41) is 12.8. The summed E-state index contributed by atoms with van der Waals surface area (Å²) in [6.45, 7) is 6.20. The predicted octanol–water partition coefficient (Wildman–Crippen LogP) is 1.94. The van der Waals surface area contributed by atoms with E-state index in [1.165, 1.54) is 0 Å². The molecule has 6 nitrogen and oxygen atoms in total. The van der Waals surface area contributed by atoms with Crippen LogP contribution < -0.4 is 0 Å². The number of benzene rings is 1. The molecule has 2 heterocycles. The lowest BCUT2D eigenvalue weighted by molar-refractivity contribution is 0.0955. The Hall–Kier alpha value is -2.23. The molecule has 3 rings (SSSR count). The molecule has 0 amide bonds. The second-order valence-electron chi connectivity index (χ2n) is 5.47. The number of piperazine rings is 1. The molecule has 1 aliphatic heterocycles. The number of hydrogen-bond acceptors (Lipinski definition) is 6. The van der Waals surface area contributed by atoms with Crippen molar-refractivity contribution in [3.05, 3.63) is 36.2 Å². The molecule has 1 saturated heterocycles. The lowest BCUT2D eigenvalue weighted by atomic mass is 10.2. The summed E-state index contributed by atoms with van der Waals surface area (Å²) in [6, 6.07) is 12.1. The first kappa shape index (κ1) is 14.7. The van der Waals surface area contributed by atoms with Crippen LogP contribution in [0.3, 0.4) is 0 Å². The quantitative estimate of drug-likeness (QED) is 0.803. The predicted molar refractivity (Wildman–Crippen MR) is 81.8 cm³/mol. The highest BCUT2D eigenvalue weighted by Crippen LogP contribution is 2.23. The van der Waals surface area contributed by atoms with Crippen molar-refractivity contribution in [3.63, 3.8) is 0 Å². The van der Waals surface area contributed by atoms with Gasteiger partial charge >= 0.3 is 0 Å². The van der Waals surface area contributed by atoms with Crippen LogP contribution >= 0.6 is 0 Å². The minimum atomic E-state index is 0.0918. The zero-order valence-corrected chi connectivity index (χ0v) is 12.6. The second kappa shape index (κ2) is 6.69. The van der Waals surface area contributed by atoms with E-state index >= 15 is 0 Å². The number of aromatic nitrogens is 2. The third-order valence-electron chi connectivity index (χ3n) is 4.08. The van der Waals surface area contributed by atoms with Crippen molar-refractivity contribution in [2.45, 2.75) is 13.0 Å². The average Bonchev–Trinajstić information content (AvgIpc) is 3.06. The van der Waals surface area contributed by atoms with Gasteiger partial charge in [-0.3, -0.25) is 9.80 Å². The maximum atomic E-state index is 8.74. The van der Waals surface area contributed by atoms with Crippen molar-refractivity contribution < 1.29 is 4.52 Å². The first-order valence-corrected chi connectivity index (χ1v) is 7.50. The monoisotopic (exact) mass is 297 g/mol. The Morgan fingerprint density at radius 2 is 1.95 bits per heavy atom. The van der Waals surface area contributed by atoms with Gasteiger partial charge in [-0.05, 0) is 6.92 Å². The molecular weight excluding hydrogens is 278 g/mol. The summed E-state index contributed by atoms with van der Waals surface area (Å²) in [5.41, 5.74) is 0.962. The molecule has 1 aliphatic rings. The Bertz CT molecular complexity index is 640. The molecule has 114 valence electrons. The first-order chi connectivity index (χ1) is 10.8. The van der Waals surface area contributed by atoms with E-state index in [-0.39, 0.29) is 6.04 Å². The zero-order valence-electron chi connectivity index (χ0n) is 12.6. The molecule has 1 fully saturated rings. The Labute approximate surface area is 129 Å². The van der Waals surface area contributed by atoms with E-state index in [0.717, 1.165) is 31.7 Å². The van der Waals surface area contributed by atoms with Crippen LogP contribution in [0.1, 0.15) is 18.9 Å². The van der Waals surface area contributed by atoms with Gasteiger partial charge in [0.15, 0.2) is 0 Å². The molecule has 0 saturated carbocycles. The molecule has 0 N–H and O–H groups in total. The summed E-state index contributed by atoms with van der Waals surface area (Å²) < 4.78 is 5.44. The molecule has 2 aromatic rings. The number of nitrogens with zero attached hydrogens (tertiary/aromatic N) is 5. The Morgan fingerprint density at radius 1 is 1.23 bits per heavy atom. The summed E-state index contributed by atoms with van der Waals surface area (Å²) in [6.07, 6.45) is 0. The van der Waals surface area contributed by atoms with Crippen LogP contribution in [0.15, 0.2) is 34.9 Å². The fraction of sp³-hybridized carbons (Fsp3) is 0.438. The SMILES string of the molecule is CC(c1nc(-c2ccccc2)no1)N1CCN(CC#N)CC1. The molecule has 1 atom stereocenters. The van der Waals surface area contributed by atoms with Gasteiger partial charge in [0, 0.05) is 31.7 Å². The Balaban J connectivity index is 1.65. The molecular formula is C16H19N5O. The van der Waals surface area contributed by atoms with Crippen molar-refractivity contribution >= 4 is 0 Å². The maximum Gasteiger partial charge on any atom is 0.244 e. The Morgan fingerprint density at radius 3 is 2.64 bits per heavy atom. The molecule has 0 aliphatic carbocycles. The molecule has 1 aromatic heterocycles. The van der Waals surface area contributed by atoms with Crippen LogP contribution in [-0.4, -0.2) is 52.7 Å². The van der Waals surface area contributed by atoms with Crippen LogP contribution in [0, 0.1) is 11.3 Å². The van der Waals surface area contributed by atoms with Crippen LogP contribution in [0.25, 0.3) is 11.4 Å². The molecule has 6 heteroatoms. The van der Waals surface area contributed by atoms with Crippen molar-refractivity contribution in [2.24, 2.45) is 0 Å². The van der Waals surface area contributed by atoms with Gasteiger partial charge in [0.2, 0.25) is 11.7 Å². The van der Waals surface area contributed by atoms with Gasteiger partial charge in [0.25, 0.3) is 0 Å². The zero-order chi connectivity index (χ0) is 15.4. The van der Waals surface area contributed by atoms with Crippen LogP contribution in [-0.2, 0) is 0 Å². The van der Waals surface area contributed by atoms with E-state index in [9.17, 15) is 0 Å². The van der Waals surface area contributed by atoms with Crippen molar-refractivity contribution in [1.82, 2.24) is 19.9 Å². The highest BCUT2D eigenvalue weighted by Gasteiger charge is 2.25. The molecule has 1 aromatic carbocycles. The van der Waals surface area contributed by atoms with Crippen LogP contribution in [0.4, 0.5) is 0 Å². The van der Waals surface area contributed by atoms with Crippen molar-refractivity contribution in [2.75, 3.05) is 32.7 Å². The summed E-state index contributed by atoms with van der Waals surface area (Å²) >= 11 is 0. The first-order valence-electron chi connectivity index (χ1n) is 7.50. The normalized spacial score (nSPS) is 18.0. The average molecular weight is 297 g/mol. The maximum absolute atomic E-state index is 8.74. The number of nitriles is 1. The van der Waals surface area contributed by atoms with Gasteiger partial charge in [-0.15, -0.1) is 0 Å². The second-order valence-corrected chi connectivity index (χ2v) is 5.47. The highest BCUT2D eigenvalue weighted by atomic mass is 16.5. The summed E-state index contributed by atoms with van der Waals surface area (Å²) in [5.74, 6) is 1.28.